The van der Waals surface area contributed by atoms with Crippen LogP contribution in [0.3, 0.4) is 0 Å². The van der Waals surface area contributed by atoms with Crippen molar-refractivity contribution in [2.45, 2.75) is 25.4 Å². The molecule has 1 aromatic heterocycles. The van der Waals surface area contributed by atoms with Crippen LogP contribution < -0.4 is 16.3 Å². The molecule has 1 aliphatic heterocycles. The zero-order chi connectivity index (χ0) is 16.9. The smallest absolute Gasteiger partial charge is 0.258 e. The lowest BCUT2D eigenvalue weighted by molar-refractivity contribution is -0.122. The van der Waals surface area contributed by atoms with E-state index in [-0.39, 0.29) is 18.0 Å². The minimum Gasteiger partial charge on any atom is -0.271 e. The lowest BCUT2D eigenvalue weighted by atomic mass is 10.0. The summed E-state index contributed by atoms with van der Waals surface area (Å²) in [5.74, 6) is -0.189. The Morgan fingerprint density at radius 1 is 1.25 bits per heavy atom. The van der Waals surface area contributed by atoms with Crippen molar-refractivity contribution in [1.82, 2.24) is 21.3 Å². The summed E-state index contributed by atoms with van der Waals surface area (Å²) in [6.45, 7) is 1.84. The predicted molar refractivity (Wildman–Crippen MR) is 93.5 cm³/mol. The van der Waals surface area contributed by atoms with Gasteiger partial charge in [-0.3, -0.25) is 9.78 Å². The number of rotatable bonds is 4. The number of nitrogens with zero attached hydrogens (tertiary/aromatic N) is 2. The first-order valence-electron chi connectivity index (χ1n) is 7.65. The van der Waals surface area contributed by atoms with Crippen molar-refractivity contribution in [2.24, 2.45) is 5.10 Å². The van der Waals surface area contributed by atoms with Crippen LogP contribution in [0.5, 0.6) is 0 Å². The summed E-state index contributed by atoms with van der Waals surface area (Å²) >= 11 is 6.21. The molecule has 0 radical (unpaired) electrons. The van der Waals surface area contributed by atoms with Crippen LogP contribution in [0.4, 0.5) is 0 Å². The Hall–Kier alpha value is -2.28. The monoisotopic (exact) mass is 343 g/mol. The second-order valence-electron chi connectivity index (χ2n) is 5.56. The van der Waals surface area contributed by atoms with Crippen molar-refractivity contribution in [3.63, 3.8) is 0 Å². The Kier molecular flexibility index (Phi) is 5.20. The third-order valence-corrected chi connectivity index (χ3v) is 4.28. The van der Waals surface area contributed by atoms with Gasteiger partial charge in [0.25, 0.3) is 5.91 Å². The summed E-state index contributed by atoms with van der Waals surface area (Å²) in [6.07, 6.45) is 3.97. The molecule has 24 heavy (non-hydrogen) atoms. The van der Waals surface area contributed by atoms with Crippen molar-refractivity contribution in [3.05, 3.63) is 64.9 Å². The molecule has 1 aliphatic rings. The van der Waals surface area contributed by atoms with Gasteiger partial charge in [0, 0.05) is 29.0 Å². The number of hydrogen-bond acceptors (Lipinski definition) is 5. The molecule has 124 valence electrons. The van der Waals surface area contributed by atoms with E-state index in [2.05, 4.69) is 26.4 Å². The molecule has 1 aromatic carbocycles. The molecular weight excluding hydrogens is 326 g/mol. The molecule has 6 nitrogen and oxygen atoms in total. The normalized spacial score (nSPS) is 20.8. The zero-order valence-corrected chi connectivity index (χ0v) is 13.9. The van der Waals surface area contributed by atoms with Crippen LogP contribution >= 0.6 is 11.6 Å². The summed E-state index contributed by atoms with van der Waals surface area (Å²) in [5.41, 5.74) is 11.3. The number of benzene rings is 1. The molecule has 7 heteroatoms. The van der Waals surface area contributed by atoms with Crippen molar-refractivity contribution in [3.8, 4) is 0 Å². The Balaban J connectivity index is 1.60. The van der Waals surface area contributed by atoms with Crippen LogP contribution in [-0.2, 0) is 4.79 Å². The van der Waals surface area contributed by atoms with E-state index < -0.39 is 0 Å². The predicted octanol–water partition coefficient (Wildman–Crippen LogP) is 2.18. The maximum Gasteiger partial charge on any atom is 0.258 e. The molecule has 0 aliphatic carbocycles. The average molecular weight is 344 g/mol. The SMILES string of the molecule is C/C(=N\NC(=O)C1CC(c2ccccc2Cl)NN1)c1ccncc1. The topological polar surface area (TPSA) is 78.4 Å². The first kappa shape index (κ1) is 16.6. The largest absolute Gasteiger partial charge is 0.271 e. The van der Waals surface area contributed by atoms with E-state index in [4.69, 9.17) is 11.6 Å². The highest BCUT2D eigenvalue weighted by Gasteiger charge is 2.30. The zero-order valence-electron chi connectivity index (χ0n) is 13.2. The lowest BCUT2D eigenvalue weighted by Gasteiger charge is -2.11. The molecule has 1 fully saturated rings. The minimum absolute atomic E-state index is 0.0141. The van der Waals surface area contributed by atoms with Gasteiger partial charge in [0.15, 0.2) is 0 Å². The molecule has 0 saturated carbocycles. The summed E-state index contributed by atoms with van der Waals surface area (Å²) in [7, 11) is 0. The first-order valence-corrected chi connectivity index (χ1v) is 8.03. The number of hydrazine groups is 1. The van der Waals surface area contributed by atoms with Crippen LogP contribution in [0.15, 0.2) is 53.9 Å². The Bertz CT molecular complexity index is 750. The van der Waals surface area contributed by atoms with Gasteiger partial charge in [0.2, 0.25) is 0 Å². The van der Waals surface area contributed by atoms with Gasteiger partial charge in [0.1, 0.15) is 6.04 Å². The fourth-order valence-electron chi connectivity index (χ4n) is 2.56. The Morgan fingerprint density at radius 2 is 2.00 bits per heavy atom. The van der Waals surface area contributed by atoms with Gasteiger partial charge in [-0.1, -0.05) is 29.8 Å². The van der Waals surface area contributed by atoms with Gasteiger partial charge in [0.05, 0.1) is 5.71 Å². The van der Waals surface area contributed by atoms with E-state index in [0.717, 1.165) is 16.8 Å². The highest BCUT2D eigenvalue weighted by molar-refractivity contribution is 6.31. The number of amides is 1. The maximum absolute atomic E-state index is 12.3. The maximum atomic E-state index is 12.3. The summed E-state index contributed by atoms with van der Waals surface area (Å²) in [5, 5.41) is 4.83. The molecule has 0 spiro atoms. The minimum atomic E-state index is -0.375. The Morgan fingerprint density at radius 3 is 2.75 bits per heavy atom. The highest BCUT2D eigenvalue weighted by atomic mass is 35.5. The number of carbonyl (C=O) groups excluding carboxylic acids is 1. The van der Waals surface area contributed by atoms with Crippen LogP contribution in [0.1, 0.15) is 30.5 Å². The van der Waals surface area contributed by atoms with Gasteiger partial charge < -0.3 is 0 Å². The fourth-order valence-corrected chi connectivity index (χ4v) is 2.83. The molecule has 1 saturated heterocycles. The molecule has 2 aromatic rings. The number of hydrogen-bond donors (Lipinski definition) is 3. The van der Waals surface area contributed by atoms with Gasteiger partial charge in [-0.15, -0.1) is 0 Å². The van der Waals surface area contributed by atoms with E-state index in [9.17, 15) is 4.79 Å². The van der Waals surface area contributed by atoms with Gasteiger partial charge in [-0.05, 0) is 37.1 Å². The molecular formula is C17H18ClN5O. The number of carbonyl (C=O) groups is 1. The third-order valence-electron chi connectivity index (χ3n) is 3.93. The van der Waals surface area contributed by atoms with Crippen molar-refractivity contribution in [2.75, 3.05) is 0 Å². The quantitative estimate of drug-likeness (QED) is 0.587. The molecule has 3 rings (SSSR count). The fraction of sp³-hybridized carbons (Fsp3) is 0.235. The van der Waals surface area contributed by atoms with Gasteiger partial charge in [-0.25, -0.2) is 16.3 Å². The lowest BCUT2D eigenvalue weighted by Crippen LogP contribution is -2.41. The second kappa shape index (κ2) is 7.53. The molecule has 0 bridgehead atoms. The molecule has 3 N–H and O–H groups in total. The van der Waals surface area contributed by atoms with Crippen LogP contribution in [0.2, 0.25) is 5.02 Å². The first-order chi connectivity index (χ1) is 11.6. The Labute approximate surface area is 145 Å². The van der Waals surface area contributed by atoms with E-state index in [1.54, 1.807) is 12.4 Å². The number of nitrogens with one attached hydrogen (secondary N) is 3. The number of aromatic nitrogens is 1. The van der Waals surface area contributed by atoms with Crippen molar-refractivity contribution in [1.29, 1.82) is 0 Å². The highest BCUT2D eigenvalue weighted by Crippen LogP contribution is 2.28. The molecule has 2 heterocycles. The van der Waals surface area contributed by atoms with E-state index >= 15 is 0 Å². The average Bonchev–Trinajstić information content (AvgIpc) is 3.10. The second-order valence-corrected chi connectivity index (χ2v) is 5.97. The van der Waals surface area contributed by atoms with E-state index in [0.29, 0.717) is 11.4 Å². The molecule has 2 unspecified atom stereocenters. The van der Waals surface area contributed by atoms with Crippen LogP contribution in [0, 0.1) is 0 Å². The number of pyridine rings is 1. The number of halogens is 1. The van der Waals surface area contributed by atoms with Gasteiger partial charge >= 0.3 is 0 Å². The van der Waals surface area contributed by atoms with Gasteiger partial charge in [-0.2, -0.15) is 5.10 Å². The van der Waals surface area contributed by atoms with Crippen LogP contribution in [-0.4, -0.2) is 22.6 Å². The van der Waals surface area contributed by atoms with Crippen LogP contribution in [0.25, 0.3) is 0 Å². The summed E-state index contributed by atoms with van der Waals surface area (Å²) in [6, 6.07) is 10.9. The van der Waals surface area contributed by atoms with Crippen molar-refractivity contribution >= 4 is 23.2 Å². The van der Waals surface area contributed by atoms with Crippen molar-refractivity contribution < 1.29 is 4.79 Å². The summed E-state index contributed by atoms with van der Waals surface area (Å²) in [4.78, 5) is 16.2. The molecule has 2 atom stereocenters. The third kappa shape index (κ3) is 3.79. The molecule has 1 amide bonds. The van der Waals surface area contributed by atoms with E-state index in [1.165, 1.54) is 0 Å². The summed E-state index contributed by atoms with van der Waals surface area (Å²) < 4.78 is 0. The van der Waals surface area contributed by atoms with E-state index in [1.807, 2.05) is 43.3 Å². The number of hydrazone groups is 1. The standard InChI is InChI=1S/C17H18ClN5O/c1-11(12-6-8-19-9-7-12)20-23-17(24)16-10-15(21-22-16)13-4-2-3-5-14(13)18/h2-9,15-16,21-22H,10H2,1H3,(H,23,24)/b20-11+.